The van der Waals surface area contributed by atoms with E-state index in [9.17, 15) is 27.8 Å². The van der Waals surface area contributed by atoms with Crippen LogP contribution in [0.15, 0.2) is 29.8 Å². The van der Waals surface area contributed by atoms with Crippen LogP contribution in [-0.2, 0) is 34.6 Å². The van der Waals surface area contributed by atoms with Crippen LogP contribution in [0.5, 0.6) is 0 Å². The number of carbonyl (C=O) groups is 1. The first-order valence-electron chi connectivity index (χ1n) is 10.1. The van der Waals surface area contributed by atoms with Crippen LogP contribution >= 0.6 is 11.6 Å². The molecule has 32 heavy (non-hydrogen) atoms. The fourth-order valence-electron chi connectivity index (χ4n) is 3.72. The average Bonchev–Trinajstić information content (AvgIpc) is 2.77. The molecule has 2 N–H and O–H groups in total. The summed E-state index contributed by atoms with van der Waals surface area (Å²) in [6.07, 6.45) is 1.46. The maximum absolute atomic E-state index is 13.3. The molecule has 0 bridgehead atoms. The molecule has 8 nitrogen and oxygen atoms in total. The highest BCUT2D eigenvalue weighted by atomic mass is 35.5. The van der Waals surface area contributed by atoms with Crippen LogP contribution in [0, 0.1) is 11.2 Å². The zero-order chi connectivity index (χ0) is 23.6. The third-order valence-corrected chi connectivity index (χ3v) is 8.13. The van der Waals surface area contributed by atoms with Crippen molar-refractivity contribution in [2.24, 2.45) is 5.41 Å². The summed E-state index contributed by atoms with van der Waals surface area (Å²) >= 11 is 6.00. The number of halogens is 2. The van der Waals surface area contributed by atoms with Crippen molar-refractivity contribution in [2.75, 3.05) is 33.0 Å². The second kappa shape index (κ2) is 9.74. The summed E-state index contributed by atoms with van der Waals surface area (Å²) in [5.41, 5.74) is -0.875. The van der Waals surface area contributed by atoms with Crippen molar-refractivity contribution in [3.8, 4) is 0 Å². The summed E-state index contributed by atoms with van der Waals surface area (Å²) < 4.78 is 56.4. The fourth-order valence-corrected chi connectivity index (χ4v) is 5.95. The van der Waals surface area contributed by atoms with Crippen molar-refractivity contribution >= 4 is 27.4 Å². The normalized spacial score (nSPS) is 22.4. The topological polar surface area (TPSA) is 119 Å². The van der Waals surface area contributed by atoms with Gasteiger partial charge in [0.05, 0.1) is 55.0 Å². The van der Waals surface area contributed by atoms with Crippen LogP contribution in [0.3, 0.4) is 0 Å². The Labute approximate surface area is 190 Å². The molecule has 1 spiro atoms. The van der Waals surface area contributed by atoms with E-state index in [1.807, 2.05) is 0 Å². The van der Waals surface area contributed by atoms with Crippen molar-refractivity contribution < 1.29 is 42.0 Å². The molecule has 3 rings (SSSR count). The van der Waals surface area contributed by atoms with Gasteiger partial charge in [-0.25, -0.2) is 17.6 Å². The molecule has 0 radical (unpaired) electrons. The van der Waals surface area contributed by atoms with E-state index in [0.29, 0.717) is 0 Å². The van der Waals surface area contributed by atoms with E-state index in [-0.39, 0.29) is 62.0 Å². The molecule has 1 aromatic carbocycles. The van der Waals surface area contributed by atoms with Gasteiger partial charge < -0.3 is 24.4 Å². The van der Waals surface area contributed by atoms with Crippen molar-refractivity contribution in [1.82, 2.24) is 0 Å². The number of benzene rings is 1. The van der Waals surface area contributed by atoms with Gasteiger partial charge in [0.1, 0.15) is 5.82 Å². The van der Waals surface area contributed by atoms with Crippen LogP contribution in [0.25, 0.3) is 0 Å². The smallest absolute Gasteiger partial charge is 0.335 e. The summed E-state index contributed by atoms with van der Waals surface area (Å²) in [6.45, 7) is 0.861. The van der Waals surface area contributed by atoms with Crippen LogP contribution in [0.2, 0.25) is 5.02 Å². The SMILES string of the molecule is CCOC(=O)C1=CC2(CCC1S(=O)(=O)Cc1ccc(F)cc1Cl)OCC(CO)(CO)CO2. The second-order valence-electron chi connectivity index (χ2n) is 8.10. The third-order valence-electron chi connectivity index (χ3n) is 5.71. The quantitative estimate of drug-likeness (QED) is 0.553. The number of rotatable bonds is 7. The van der Waals surface area contributed by atoms with E-state index >= 15 is 0 Å². The molecule has 1 heterocycles. The average molecular weight is 493 g/mol. The number of hydrogen-bond acceptors (Lipinski definition) is 8. The van der Waals surface area contributed by atoms with Gasteiger partial charge in [-0.1, -0.05) is 17.7 Å². The molecular weight excluding hydrogens is 467 g/mol. The zero-order valence-corrected chi connectivity index (χ0v) is 19.1. The summed E-state index contributed by atoms with van der Waals surface area (Å²) in [5, 5.41) is 17.9. The minimum atomic E-state index is -3.94. The molecule has 1 aliphatic heterocycles. The largest absolute Gasteiger partial charge is 0.463 e. The van der Waals surface area contributed by atoms with E-state index in [4.69, 9.17) is 25.8 Å². The zero-order valence-electron chi connectivity index (χ0n) is 17.6. The Hall–Kier alpha value is -1.56. The van der Waals surface area contributed by atoms with Gasteiger partial charge in [0.2, 0.25) is 0 Å². The van der Waals surface area contributed by atoms with Gasteiger partial charge in [-0.15, -0.1) is 0 Å². The first-order chi connectivity index (χ1) is 15.1. The molecule has 11 heteroatoms. The lowest BCUT2D eigenvalue weighted by Gasteiger charge is -2.45. The number of sulfone groups is 1. The molecule has 1 unspecified atom stereocenters. The number of aliphatic hydroxyl groups is 2. The highest BCUT2D eigenvalue weighted by Crippen LogP contribution is 2.41. The fraction of sp³-hybridized carbons (Fsp3) is 0.571. The maximum Gasteiger partial charge on any atom is 0.335 e. The lowest BCUT2D eigenvalue weighted by Crippen LogP contribution is -2.54. The van der Waals surface area contributed by atoms with Gasteiger partial charge in [-0.3, -0.25) is 0 Å². The van der Waals surface area contributed by atoms with E-state index in [2.05, 4.69) is 0 Å². The lowest BCUT2D eigenvalue weighted by molar-refractivity contribution is -0.292. The summed E-state index contributed by atoms with van der Waals surface area (Å²) in [7, 11) is -3.94. The summed E-state index contributed by atoms with van der Waals surface area (Å²) in [5.74, 6) is -3.24. The van der Waals surface area contributed by atoms with Gasteiger partial charge in [-0.2, -0.15) is 0 Å². The lowest BCUT2D eigenvalue weighted by atomic mass is 9.88. The Kier molecular flexibility index (Phi) is 7.63. The van der Waals surface area contributed by atoms with Crippen LogP contribution in [0.1, 0.15) is 25.3 Å². The number of carbonyl (C=O) groups excluding carboxylic acids is 1. The molecule has 1 aliphatic carbocycles. The Morgan fingerprint density at radius 3 is 2.50 bits per heavy atom. The van der Waals surface area contributed by atoms with E-state index in [1.54, 1.807) is 6.92 Å². The molecule has 1 aromatic rings. The Morgan fingerprint density at radius 1 is 1.28 bits per heavy atom. The number of hydrogen-bond donors (Lipinski definition) is 2. The van der Waals surface area contributed by atoms with Crippen molar-refractivity contribution in [1.29, 1.82) is 0 Å². The Morgan fingerprint density at radius 2 is 1.94 bits per heavy atom. The van der Waals surface area contributed by atoms with Gasteiger partial charge in [0, 0.05) is 11.4 Å². The maximum atomic E-state index is 13.3. The molecule has 1 atom stereocenters. The van der Waals surface area contributed by atoms with Gasteiger partial charge in [0.15, 0.2) is 15.6 Å². The minimum absolute atomic E-state index is 0.0110. The Balaban J connectivity index is 1.91. The van der Waals surface area contributed by atoms with Crippen molar-refractivity contribution in [2.45, 2.75) is 36.6 Å². The molecular formula is C21H26ClFO8S. The van der Waals surface area contributed by atoms with Gasteiger partial charge >= 0.3 is 5.97 Å². The predicted octanol–water partition coefficient (Wildman–Crippen LogP) is 1.76. The second-order valence-corrected chi connectivity index (χ2v) is 10.7. The summed E-state index contributed by atoms with van der Waals surface area (Å²) in [6, 6.07) is 3.44. The van der Waals surface area contributed by atoms with Gasteiger partial charge in [-0.05, 0) is 37.1 Å². The Bertz CT molecular complexity index is 980. The molecule has 1 fully saturated rings. The van der Waals surface area contributed by atoms with Gasteiger partial charge in [0.25, 0.3) is 0 Å². The minimum Gasteiger partial charge on any atom is -0.463 e. The molecule has 2 aliphatic rings. The molecule has 178 valence electrons. The highest BCUT2D eigenvalue weighted by molar-refractivity contribution is 7.91. The summed E-state index contributed by atoms with van der Waals surface area (Å²) in [4.78, 5) is 12.7. The number of ether oxygens (including phenoxy) is 3. The standard InChI is InChI=1S/C21H26ClFO8S/c1-2-29-19(26)16-8-21(30-12-20(10-24,11-25)13-31-21)6-5-18(16)32(27,28)9-14-3-4-15(23)7-17(14)22/h3-4,7-8,18,24-25H,2,5-6,9-13H2,1H3. The van der Waals surface area contributed by atoms with Crippen LogP contribution in [-0.4, -0.2) is 68.7 Å². The monoisotopic (exact) mass is 492 g/mol. The number of aliphatic hydroxyl groups excluding tert-OH is 2. The van der Waals surface area contributed by atoms with E-state index < -0.39 is 43.8 Å². The van der Waals surface area contributed by atoms with E-state index in [0.717, 1.165) is 12.1 Å². The molecule has 0 saturated carbocycles. The predicted molar refractivity (Wildman–Crippen MR) is 113 cm³/mol. The first kappa shape index (κ1) is 25.1. The van der Waals surface area contributed by atoms with E-state index in [1.165, 1.54) is 12.1 Å². The molecule has 0 aromatic heterocycles. The van der Waals surface area contributed by atoms with Crippen molar-refractivity contribution in [3.63, 3.8) is 0 Å². The number of esters is 1. The van der Waals surface area contributed by atoms with Crippen LogP contribution in [0.4, 0.5) is 4.39 Å². The van der Waals surface area contributed by atoms with Crippen molar-refractivity contribution in [3.05, 3.63) is 46.3 Å². The first-order valence-corrected chi connectivity index (χ1v) is 12.2. The third kappa shape index (κ3) is 5.16. The molecule has 0 amide bonds. The van der Waals surface area contributed by atoms with Crippen LogP contribution < -0.4 is 0 Å². The molecule has 1 saturated heterocycles. The highest BCUT2D eigenvalue weighted by Gasteiger charge is 2.49.